The van der Waals surface area contributed by atoms with Crippen molar-refractivity contribution in [1.82, 2.24) is 16.1 Å². The molecule has 40 heavy (non-hydrogen) atoms. The molecule has 0 aromatic heterocycles. The number of para-hydroxylation sites is 1. The number of benzene rings is 2. The molecule has 0 aliphatic carbocycles. The molecule has 0 unspecified atom stereocenters. The van der Waals surface area contributed by atoms with Gasteiger partial charge in [-0.3, -0.25) is 4.79 Å². The zero-order valence-corrected chi connectivity index (χ0v) is 24.8. The number of amides is 1. The molecule has 0 fully saturated rings. The number of esters is 1. The third-order valence-corrected chi connectivity index (χ3v) is 6.24. The highest BCUT2D eigenvalue weighted by atomic mass is 79.9. The second-order valence-corrected chi connectivity index (χ2v) is 9.54. The molecule has 0 spiro atoms. The maximum absolute atomic E-state index is 12.7. The molecule has 212 valence electrons. The van der Waals surface area contributed by atoms with Gasteiger partial charge in [0.15, 0.2) is 23.2 Å². The van der Waals surface area contributed by atoms with Crippen molar-refractivity contribution >= 4 is 51.4 Å². The monoisotopic (exact) mass is 630 g/mol. The van der Waals surface area contributed by atoms with Gasteiger partial charge in [-0.1, -0.05) is 30.9 Å². The quantitative estimate of drug-likeness (QED) is 0.0978. The minimum absolute atomic E-state index is 0.225. The van der Waals surface area contributed by atoms with Gasteiger partial charge in [0.05, 0.1) is 35.5 Å². The van der Waals surface area contributed by atoms with Crippen LogP contribution < -0.4 is 30.3 Å². The van der Waals surface area contributed by atoms with Gasteiger partial charge in [0.25, 0.3) is 5.91 Å². The van der Waals surface area contributed by atoms with Gasteiger partial charge in [-0.15, -0.1) is 0 Å². The summed E-state index contributed by atoms with van der Waals surface area (Å²) in [6.45, 7) is 9.69. The molecule has 2 aromatic rings. The van der Waals surface area contributed by atoms with Crippen LogP contribution in [0.3, 0.4) is 0 Å². The second kappa shape index (κ2) is 15.0. The number of ether oxygens (including phenoxy) is 4. The van der Waals surface area contributed by atoms with Crippen molar-refractivity contribution in [2.75, 3.05) is 26.4 Å². The first-order valence-electron chi connectivity index (χ1n) is 12.5. The number of carbonyl (C=O) groups is 2. The van der Waals surface area contributed by atoms with E-state index >= 15 is 0 Å². The number of allylic oxidation sites excluding steroid dienone is 1. The minimum Gasteiger partial charge on any atom is -0.490 e. The number of carbonyl (C=O) groups excluding carboxylic acids is 2. The summed E-state index contributed by atoms with van der Waals surface area (Å²) in [5, 5.41) is 10.4. The number of nitrogens with zero attached hydrogens (tertiary/aromatic N) is 1. The van der Waals surface area contributed by atoms with Crippen molar-refractivity contribution in [3.8, 4) is 17.2 Å². The standard InChI is InChI=1S/C28H31BrN4O6S/c1-5-12-38-26-20(29)13-18(14-22(26)36-6-2)15-30-33-23(34)16-39-21-11-9-8-10-19(21)25-24(27(35)37-7-3)17(4)31-28(40)32-25/h5,8-11,13-15,25H,1,6-7,12,16H2,2-4H3,(H,33,34)(H2,31,32,40)/t25-/m0/s1. The summed E-state index contributed by atoms with van der Waals surface area (Å²) in [5.74, 6) is 0.527. The van der Waals surface area contributed by atoms with Crippen LogP contribution in [0.25, 0.3) is 0 Å². The van der Waals surface area contributed by atoms with Crippen LogP contribution in [0.5, 0.6) is 17.2 Å². The van der Waals surface area contributed by atoms with E-state index in [9.17, 15) is 9.59 Å². The Morgan fingerprint density at radius 1 is 1.15 bits per heavy atom. The van der Waals surface area contributed by atoms with Crippen LogP contribution in [0.2, 0.25) is 0 Å². The topological polar surface area (TPSA) is 120 Å². The van der Waals surface area contributed by atoms with E-state index in [-0.39, 0.29) is 13.2 Å². The van der Waals surface area contributed by atoms with Crippen molar-refractivity contribution in [3.05, 3.63) is 75.9 Å². The fourth-order valence-corrected chi connectivity index (χ4v) is 4.66. The molecule has 1 amide bonds. The molecule has 0 radical (unpaired) electrons. The zero-order valence-electron chi connectivity index (χ0n) is 22.4. The van der Waals surface area contributed by atoms with Crippen LogP contribution in [0, 0.1) is 0 Å². The molecule has 1 atom stereocenters. The second-order valence-electron chi connectivity index (χ2n) is 8.27. The van der Waals surface area contributed by atoms with E-state index in [1.54, 1.807) is 56.3 Å². The maximum atomic E-state index is 12.7. The average molecular weight is 632 g/mol. The first-order chi connectivity index (χ1) is 19.3. The van der Waals surface area contributed by atoms with E-state index in [1.165, 1.54) is 6.21 Å². The normalized spacial score (nSPS) is 14.7. The Kier molecular flexibility index (Phi) is 11.5. The van der Waals surface area contributed by atoms with Crippen molar-refractivity contribution in [2.24, 2.45) is 5.10 Å². The molecule has 1 heterocycles. The summed E-state index contributed by atoms with van der Waals surface area (Å²) in [6.07, 6.45) is 3.12. The molecule has 0 bridgehead atoms. The van der Waals surface area contributed by atoms with Crippen molar-refractivity contribution < 1.29 is 28.5 Å². The molecule has 1 aliphatic rings. The lowest BCUT2D eigenvalue weighted by atomic mass is 9.95. The molecule has 12 heteroatoms. The van der Waals surface area contributed by atoms with Crippen LogP contribution in [0.1, 0.15) is 37.9 Å². The summed E-state index contributed by atoms with van der Waals surface area (Å²) >= 11 is 8.79. The Morgan fingerprint density at radius 2 is 1.93 bits per heavy atom. The first-order valence-corrected chi connectivity index (χ1v) is 13.7. The predicted octanol–water partition coefficient (Wildman–Crippen LogP) is 4.30. The molecule has 2 aromatic carbocycles. The van der Waals surface area contributed by atoms with Crippen LogP contribution in [-0.2, 0) is 14.3 Å². The number of thiocarbonyl (C=S) groups is 1. The summed E-state index contributed by atoms with van der Waals surface area (Å²) < 4.78 is 23.1. The maximum Gasteiger partial charge on any atom is 0.338 e. The van der Waals surface area contributed by atoms with Gasteiger partial charge in [0.2, 0.25) is 0 Å². The lowest BCUT2D eigenvalue weighted by molar-refractivity contribution is -0.139. The molecule has 10 nitrogen and oxygen atoms in total. The van der Waals surface area contributed by atoms with Gasteiger partial charge >= 0.3 is 5.97 Å². The Hall–Kier alpha value is -3.90. The average Bonchev–Trinajstić information content (AvgIpc) is 2.91. The molecule has 3 N–H and O–H groups in total. The van der Waals surface area contributed by atoms with E-state index in [0.29, 0.717) is 62.4 Å². The van der Waals surface area contributed by atoms with Crippen molar-refractivity contribution in [2.45, 2.75) is 26.8 Å². The highest BCUT2D eigenvalue weighted by Gasteiger charge is 2.32. The SMILES string of the molecule is C=CCOc1c(Br)cc(C=NNC(=O)COc2ccccc2[C@@H]2NC(=S)NC(C)=C2C(=O)OCC)cc1OCC. The molecule has 1 aliphatic heterocycles. The van der Waals surface area contributed by atoms with E-state index in [2.05, 4.69) is 43.7 Å². The van der Waals surface area contributed by atoms with Crippen molar-refractivity contribution in [3.63, 3.8) is 0 Å². The smallest absolute Gasteiger partial charge is 0.338 e. The number of hydrazone groups is 1. The van der Waals surface area contributed by atoms with E-state index in [1.807, 2.05) is 6.92 Å². The summed E-state index contributed by atoms with van der Waals surface area (Å²) in [7, 11) is 0. The van der Waals surface area contributed by atoms with Gasteiger partial charge in [0.1, 0.15) is 12.4 Å². The number of hydrogen-bond acceptors (Lipinski definition) is 8. The molecular formula is C28H31BrN4O6S. The van der Waals surface area contributed by atoms with Crippen LogP contribution in [0.4, 0.5) is 0 Å². The predicted molar refractivity (Wildman–Crippen MR) is 160 cm³/mol. The lowest BCUT2D eigenvalue weighted by Crippen LogP contribution is -2.45. The fourth-order valence-electron chi connectivity index (χ4n) is 3.82. The Labute approximate surface area is 246 Å². The molecule has 0 saturated carbocycles. The highest BCUT2D eigenvalue weighted by Crippen LogP contribution is 2.37. The molecular weight excluding hydrogens is 600 g/mol. The Balaban J connectivity index is 1.70. The van der Waals surface area contributed by atoms with E-state index < -0.39 is 17.9 Å². The fraction of sp³-hybridized carbons (Fsp3) is 0.286. The lowest BCUT2D eigenvalue weighted by Gasteiger charge is -2.30. The number of nitrogens with one attached hydrogen (secondary N) is 3. The summed E-state index contributed by atoms with van der Waals surface area (Å²) in [4.78, 5) is 25.2. The Morgan fingerprint density at radius 3 is 2.65 bits per heavy atom. The van der Waals surface area contributed by atoms with Crippen LogP contribution in [-0.4, -0.2) is 49.6 Å². The largest absolute Gasteiger partial charge is 0.490 e. The number of hydrogen-bond donors (Lipinski definition) is 3. The van der Waals surface area contributed by atoms with Crippen LogP contribution >= 0.6 is 28.1 Å². The molecule has 3 rings (SSSR count). The van der Waals surface area contributed by atoms with Gasteiger partial charge < -0.3 is 29.6 Å². The summed E-state index contributed by atoms with van der Waals surface area (Å²) in [6, 6.07) is 9.99. The third kappa shape index (κ3) is 8.06. The Bertz CT molecular complexity index is 1330. The minimum atomic E-state index is -0.624. The van der Waals surface area contributed by atoms with Gasteiger partial charge in [0, 0.05) is 11.3 Å². The van der Waals surface area contributed by atoms with Crippen molar-refractivity contribution in [1.29, 1.82) is 0 Å². The highest BCUT2D eigenvalue weighted by molar-refractivity contribution is 9.10. The van der Waals surface area contributed by atoms with Crippen LogP contribution in [0.15, 0.2) is 69.9 Å². The van der Waals surface area contributed by atoms with Gasteiger partial charge in [-0.25, -0.2) is 10.2 Å². The third-order valence-electron chi connectivity index (χ3n) is 5.43. The van der Waals surface area contributed by atoms with E-state index in [0.717, 1.165) is 0 Å². The molecule has 0 saturated heterocycles. The first kappa shape index (κ1) is 30.6. The number of halogens is 1. The number of rotatable bonds is 13. The van der Waals surface area contributed by atoms with E-state index in [4.69, 9.17) is 31.2 Å². The van der Waals surface area contributed by atoms with Gasteiger partial charge in [-0.05, 0) is 72.7 Å². The van der Waals surface area contributed by atoms with Gasteiger partial charge in [-0.2, -0.15) is 5.10 Å². The summed E-state index contributed by atoms with van der Waals surface area (Å²) in [5.41, 5.74) is 4.70. The zero-order chi connectivity index (χ0) is 29.1.